The average molecular weight is 398 g/mol. The average Bonchev–Trinajstić information content (AvgIpc) is 2.76. The zero-order valence-corrected chi connectivity index (χ0v) is 16.3. The molecule has 2 N–H and O–H groups in total. The standard InChI is InChI=1S/C24H18N2O2S/c27-23(18-10-2-1-3-11-18)26-24(29)25-20-14-6-7-15-22(20)28-21-16-8-12-17-9-4-5-13-19(17)21/h1-16H,(H2,25,26,27,29). The van der Waals surface area contributed by atoms with Crippen molar-refractivity contribution in [1.82, 2.24) is 5.32 Å². The molecule has 0 radical (unpaired) electrons. The van der Waals surface area contributed by atoms with Gasteiger partial charge in [-0.3, -0.25) is 10.1 Å². The fourth-order valence-corrected chi connectivity index (χ4v) is 3.18. The van der Waals surface area contributed by atoms with Gasteiger partial charge in [0.05, 0.1) is 5.69 Å². The molecule has 4 rings (SSSR count). The van der Waals surface area contributed by atoms with Gasteiger partial charge in [-0.25, -0.2) is 0 Å². The first-order valence-corrected chi connectivity index (χ1v) is 9.53. The summed E-state index contributed by atoms with van der Waals surface area (Å²) in [5, 5.41) is 8.06. The molecular formula is C24H18N2O2S. The number of amides is 1. The van der Waals surface area contributed by atoms with E-state index in [2.05, 4.69) is 10.6 Å². The number of hydrogen-bond donors (Lipinski definition) is 2. The normalized spacial score (nSPS) is 10.3. The molecule has 0 spiro atoms. The van der Waals surface area contributed by atoms with Crippen molar-refractivity contribution in [3.63, 3.8) is 0 Å². The Hall–Kier alpha value is -3.70. The van der Waals surface area contributed by atoms with Crippen LogP contribution < -0.4 is 15.4 Å². The van der Waals surface area contributed by atoms with Gasteiger partial charge < -0.3 is 10.1 Å². The fraction of sp³-hybridized carbons (Fsp3) is 0. The van der Waals surface area contributed by atoms with E-state index in [0.29, 0.717) is 17.0 Å². The monoisotopic (exact) mass is 398 g/mol. The van der Waals surface area contributed by atoms with Gasteiger partial charge in [-0.1, -0.05) is 66.7 Å². The van der Waals surface area contributed by atoms with Gasteiger partial charge in [0.1, 0.15) is 5.75 Å². The van der Waals surface area contributed by atoms with Gasteiger partial charge in [0.15, 0.2) is 10.9 Å². The van der Waals surface area contributed by atoms with Crippen molar-refractivity contribution in [3.8, 4) is 11.5 Å². The smallest absolute Gasteiger partial charge is 0.257 e. The summed E-state index contributed by atoms with van der Waals surface area (Å²) in [6.07, 6.45) is 0. The molecule has 0 heterocycles. The second kappa shape index (κ2) is 8.54. The number of benzene rings is 4. The zero-order valence-electron chi connectivity index (χ0n) is 15.5. The molecular weight excluding hydrogens is 380 g/mol. The number of thiocarbonyl (C=S) groups is 1. The third kappa shape index (κ3) is 4.42. The van der Waals surface area contributed by atoms with Crippen LogP contribution in [-0.2, 0) is 0 Å². The van der Waals surface area contributed by atoms with Crippen LogP contribution in [-0.4, -0.2) is 11.0 Å². The predicted octanol–water partition coefficient (Wildman–Crippen LogP) is 5.76. The lowest BCUT2D eigenvalue weighted by Crippen LogP contribution is -2.34. The van der Waals surface area contributed by atoms with Crippen molar-refractivity contribution >= 4 is 39.7 Å². The van der Waals surface area contributed by atoms with Crippen LogP contribution in [0.1, 0.15) is 10.4 Å². The Morgan fingerprint density at radius 1 is 0.724 bits per heavy atom. The second-order valence-electron chi connectivity index (χ2n) is 6.35. The van der Waals surface area contributed by atoms with Crippen molar-refractivity contribution in [3.05, 3.63) is 103 Å². The van der Waals surface area contributed by atoms with E-state index in [-0.39, 0.29) is 11.0 Å². The number of anilines is 1. The van der Waals surface area contributed by atoms with Gasteiger partial charge >= 0.3 is 0 Å². The topological polar surface area (TPSA) is 50.4 Å². The van der Waals surface area contributed by atoms with E-state index in [1.165, 1.54) is 0 Å². The van der Waals surface area contributed by atoms with E-state index < -0.39 is 0 Å². The summed E-state index contributed by atoms with van der Waals surface area (Å²) < 4.78 is 6.18. The third-order valence-electron chi connectivity index (χ3n) is 4.37. The van der Waals surface area contributed by atoms with E-state index in [0.717, 1.165) is 16.5 Å². The highest BCUT2D eigenvalue weighted by molar-refractivity contribution is 7.80. The number of carbonyl (C=O) groups is 1. The van der Waals surface area contributed by atoms with Gasteiger partial charge in [0.2, 0.25) is 0 Å². The van der Waals surface area contributed by atoms with Crippen molar-refractivity contribution in [2.24, 2.45) is 0 Å². The van der Waals surface area contributed by atoms with Gasteiger partial charge in [-0.05, 0) is 47.9 Å². The number of hydrogen-bond acceptors (Lipinski definition) is 3. The summed E-state index contributed by atoms with van der Waals surface area (Å²) in [6.45, 7) is 0. The number of rotatable bonds is 4. The molecule has 0 unspecified atom stereocenters. The number of ether oxygens (including phenoxy) is 1. The van der Waals surface area contributed by atoms with Crippen LogP contribution >= 0.6 is 12.2 Å². The first-order valence-electron chi connectivity index (χ1n) is 9.13. The van der Waals surface area contributed by atoms with Crippen LogP contribution in [0.25, 0.3) is 10.8 Å². The van der Waals surface area contributed by atoms with Crippen molar-refractivity contribution in [1.29, 1.82) is 0 Å². The zero-order chi connectivity index (χ0) is 20.1. The third-order valence-corrected chi connectivity index (χ3v) is 4.57. The Bertz CT molecular complexity index is 1170. The van der Waals surface area contributed by atoms with Crippen LogP contribution in [0.15, 0.2) is 97.1 Å². The van der Waals surface area contributed by atoms with Crippen LogP contribution in [0.4, 0.5) is 5.69 Å². The van der Waals surface area contributed by atoms with Gasteiger partial charge in [-0.15, -0.1) is 0 Å². The Labute approximate surface area is 174 Å². The lowest BCUT2D eigenvalue weighted by molar-refractivity contribution is 0.0977. The van der Waals surface area contributed by atoms with E-state index in [4.69, 9.17) is 17.0 Å². The summed E-state index contributed by atoms with van der Waals surface area (Å²) in [5.74, 6) is 1.09. The molecule has 29 heavy (non-hydrogen) atoms. The molecule has 142 valence electrons. The number of nitrogens with one attached hydrogen (secondary N) is 2. The van der Waals surface area contributed by atoms with Crippen LogP contribution in [0, 0.1) is 0 Å². The number of para-hydroxylation sites is 2. The second-order valence-corrected chi connectivity index (χ2v) is 6.76. The van der Waals surface area contributed by atoms with E-state index in [1.807, 2.05) is 72.8 Å². The van der Waals surface area contributed by atoms with Crippen LogP contribution in [0.3, 0.4) is 0 Å². The molecule has 4 aromatic rings. The van der Waals surface area contributed by atoms with E-state index >= 15 is 0 Å². The lowest BCUT2D eigenvalue weighted by atomic mass is 10.1. The molecule has 4 aromatic carbocycles. The maximum atomic E-state index is 12.3. The molecule has 1 amide bonds. The molecule has 0 aliphatic heterocycles. The predicted molar refractivity (Wildman–Crippen MR) is 121 cm³/mol. The van der Waals surface area contributed by atoms with E-state index in [1.54, 1.807) is 24.3 Å². The minimum atomic E-state index is -0.268. The molecule has 0 atom stereocenters. The first-order chi connectivity index (χ1) is 14.2. The molecule has 0 aliphatic carbocycles. The SMILES string of the molecule is O=C(NC(=S)Nc1ccccc1Oc1cccc2ccccc12)c1ccccc1. The number of fused-ring (bicyclic) bond motifs is 1. The Morgan fingerprint density at radius 2 is 1.38 bits per heavy atom. The maximum absolute atomic E-state index is 12.3. The Balaban J connectivity index is 1.52. The molecule has 0 saturated heterocycles. The minimum absolute atomic E-state index is 0.202. The van der Waals surface area contributed by atoms with E-state index in [9.17, 15) is 4.79 Å². The molecule has 0 aromatic heterocycles. The molecule has 0 fully saturated rings. The highest BCUT2D eigenvalue weighted by Gasteiger charge is 2.11. The summed E-state index contributed by atoms with van der Waals surface area (Å²) in [6, 6.07) is 30.4. The van der Waals surface area contributed by atoms with Crippen molar-refractivity contribution in [2.45, 2.75) is 0 Å². The molecule has 4 nitrogen and oxygen atoms in total. The first kappa shape index (κ1) is 18.7. The summed E-state index contributed by atoms with van der Waals surface area (Å²) in [4.78, 5) is 12.3. The summed E-state index contributed by atoms with van der Waals surface area (Å²) in [5.41, 5.74) is 1.20. The van der Waals surface area contributed by atoms with Gasteiger partial charge in [-0.2, -0.15) is 0 Å². The minimum Gasteiger partial charge on any atom is -0.455 e. The highest BCUT2D eigenvalue weighted by atomic mass is 32.1. The van der Waals surface area contributed by atoms with Crippen LogP contribution in [0.5, 0.6) is 11.5 Å². The van der Waals surface area contributed by atoms with Gasteiger partial charge in [0.25, 0.3) is 5.91 Å². The van der Waals surface area contributed by atoms with Crippen molar-refractivity contribution in [2.75, 3.05) is 5.32 Å². The Kier molecular flexibility index (Phi) is 5.49. The fourth-order valence-electron chi connectivity index (χ4n) is 2.98. The highest BCUT2D eigenvalue weighted by Crippen LogP contribution is 2.33. The molecule has 0 bridgehead atoms. The summed E-state index contributed by atoms with van der Waals surface area (Å²) >= 11 is 5.31. The molecule has 0 saturated carbocycles. The largest absolute Gasteiger partial charge is 0.455 e. The quantitative estimate of drug-likeness (QED) is 0.429. The molecule has 0 aliphatic rings. The van der Waals surface area contributed by atoms with Gasteiger partial charge in [0, 0.05) is 10.9 Å². The Morgan fingerprint density at radius 3 is 2.24 bits per heavy atom. The number of carbonyl (C=O) groups excluding carboxylic acids is 1. The van der Waals surface area contributed by atoms with Crippen LogP contribution in [0.2, 0.25) is 0 Å². The molecule has 5 heteroatoms. The maximum Gasteiger partial charge on any atom is 0.257 e. The summed E-state index contributed by atoms with van der Waals surface area (Å²) in [7, 11) is 0. The lowest BCUT2D eigenvalue weighted by Gasteiger charge is -2.15. The van der Waals surface area contributed by atoms with Crippen molar-refractivity contribution < 1.29 is 9.53 Å².